The van der Waals surface area contributed by atoms with Gasteiger partial charge < -0.3 is 9.64 Å². The Labute approximate surface area is 151 Å². The Morgan fingerprint density at radius 2 is 1.88 bits per heavy atom. The highest BCUT2D eigenvalue weighted by Gasteiger charge is 2.33. The smallest absolute Gasteiger partial charge is 0.254 e. The van der Waals surface area contributed by atoms with Crippen LogP contribution in [0.4, 0.5) is 0 Å². The van der Waals surface area contributed by atoms with Crippen LogP contribution in [0.1, 0.15) is 36.7 Å². The minimum Gasteiger partial charge on any atom is -0.470 e. The lowest BCUT2D eigenvalue weighted by molar-refractivity contribution is 0.0157. The average molecular weight is 389 g/mol. The second-order valence-corrected chi connectivity index (χ2v) is 7.92. The van der Waals surface area contributed by atoms with Gasteiger partial charge in [-0.15, -0.1) is 0 Å². The summed E-state index contributed by atoms with van der Waals surface area (Å²) in [4.78, 5) is 18.5. The van der Waals surface area contributed by atoms with E-state index in [9.17, 15) is 4.79 Å². The molecule has 1 aliphatic rings. The summed E-state index contributed by atoms with van der Waals surface area (Å²) in [6.45, 7) is 7.66. The largest absolute Gasteiger partial charge is 0.470 e. The van der Waals surface area contributed by atoms with E-state index < -0.39 is 0 Å². The van der Waals surface area contributed by atoms with Crippen molar-refractivity contribution in [1.82, 2.24) is 9.88 Å². The second-order valence-electron chi connectivity index (χ2n) is 7.07. The standard InChI is InChI=1S/C19H21BrN2O2/c1-19(2,3)14-8-6-13(7-9-14)18(23)22-11-15(12-22)24-17-16(20)5-4-10-21-17/h4-10,15H,11-12H2,1-3H3. The van der Waals surface area contributed by atoms with Crippen LogP contribution >= 0.6 is 15.9 Å². The SMILES string of the molecule is CC(C)(C)c1ccc(C(=O)N2CC(Oc3ncccc3Br)C2)cc1. The molecule has 2 aromatic rings. The topological polar surface area (TPSA) is 42.4 Å². The van der Waals surface area contributed by atoms with Crippen molar-refractivity contribution >= 4 is 21.8 Å². The molecule has 0 atom stereocenters. The fraction of sp³-hybridized carbons (Fsp3) is 0.368. The van der Waals surface area contributed by atoms with E-state index in [1.165, 1.54) is 5.56 Å². The average Bonchev–Trinajstić information content (AvgIpc) is 2.51. The zero-order valence-corrected chi connectivity index (χ0v) is 15.7. The predicted molar refractivity (Wildman–Crippen MR) is 97.4 cm³/mol. The van der Waals surface area contributed by atoms with Gasteiger partial charge in [-0.25, -0.2) is 4.98 Å². The summed E-state index contributed by atoms with van der Waals surface area (Å²) in [5.74, 6) is 0.625. The molecule has 0 aliphatic carbocycles. The van der Waals surface area contributed by atoms with Crippen molar-refractivity contribution in [2.45, 2.75) is 32.3 Å². The molecule has 0 N–H and O–H groups in total. The van der Waals surface area contributed by atoms with Gasteiger partial charge in [0, 0.05) is 11.8 Å². The molecule has 4 nitrogen and oxygen atoms in total. The van der Waals surface area contributed by atoms with Gasteiger partial charge in [-0.3, -0.25) is 4.79 Å². The van der Waals surface area contributed by atoms with Crippen molar-refractivity contribution in [3.63, 3.8) is 0 Å². The summed E-state index contributed by atoms with van der Waals surface area (Å²) in [7, 11) is 0. The number of nitrogens with zero attached hydrogens (tertiary/aromatic N) is 2. The van der Waals surface area contributed by atoms with Crippen LogP contribution in [0.15, 0.2) is 47.1 Å². The number of rotatable bonds is 3. The molecule has 0 saturated carbocycles. The number of ether oxygens (including phenoxy) is 1. The van der Waals surface area contributed by atoms with E-state index in [0.29, 0.717) is 19.0 Å². The summed E-state index contributed by atoms with van der Waals surface area (Å²) in [5.41, 5.74) is 2.04. The number of benzene rings is 1. The first-order chi connectivity index (χ1) is 11.3. The Morgan fingerprint density at radius 3 is 2.46 bits per heavy atom. The molecule has 1 saturated heterocycles. The van der Waals surface area contributed by atoms with E-state index in [1.807, 2.05) is 36.4 Å². The van der Waals surface area contributed by atoms with Gasteiger partial charge in [-0.05, 0) is 51.2 Å². The number of carbonyl (C=O) groups is 1. The molecule has 1 aliphatic heterocycles. The number of carbonyl (C=O) groups excluding carboxylic acids is 1. The third-order valence-corrected chi connectivity index (χ3v) is 4.74. The third-order valence-electron chi connectivity index (χ3n) is 4.14. The first-order valence-electron chi connectivity index (χ1n) is 8.01. The predicted octanol–water partition coefficient (Wildman–Crippen LogP) is 4.05. The van der Waals surface area contributed by atoms with Crippen LogP contribution in [0.25, 0.3) is 0 Å². The molecule has 2 heterocycles. The van der Waals surface area contributed by atoms with Gasteiger partial charge in [0.05, 0.1) is 17.6 Å². The number of hydrogen-bond acceptors (Lipinski definition) is 3. The van der Waals surface area contributed by atoms with E-state index >= 15 is 0 Å². The summed E-state index contributed by atoms with van der Waals surface area (Å²) >= 11 is 3.41. The molecule has 0 bridgehead atoms. The fourth-order valence-electron chi connectivity index (χ4n) is 2.59. The van der Waals surface area contributed by atoms with Crippen molar-refractivity contribution in [2.75, 3.05) is 13.1 Å². The summed E-state index contributed by atoms with van der Waals surface area (Å²) < 4.78 is 6.64. The number of likely N-dealkylation sites (tertiary alicyclic amines) is 1. The van der Waals surface area contributed by atoms with Crippen LogP contribution in [-0.4, -0.2) is 35.0 Å². The van der Waals surface area contributed by atoms with Crippen LogP contribution < -0.4 is 4.74 Å². The van der Waals surface area contributed by atoms with Gasteiger partial charge in [0.25, 0.3) is 5.91 Å². The highest BCUT2D eigenvalue weighted by molar-refractivity contribution is 9.10. The van der Waals surface area contributed by atoms with Crippen molar-refractivity contribution < 1.29 is 9.53 Å². The monoisotopic (exact) mass is 388 g/mol. The Bertz CT molecular complexity index is 732. The molecule has 0 unspecified atom stereocenters. The maximum atomic E-state index is 12.5. The first-order valence-corrected chi connectivity index (χ1v) is 8.81. The lowest BCUT2D eigenvalue weighted by Gasteiger charge is -2.38. The van der Waals surface area contributed by atoms with Crippen LogP contribution in [0.2, 0.25) is 0 Å². The quantitative estimate of drug-likeness (QED) is 0.796. The van der Waals surface area contributed by atoms with Crippen molar-refractivity contribution in [3.8, 4) is 5.88 Å². The molecular formula is C19H21BrN2O2. The van der Waals surface area contributed by atoms with Crippen LogP contribution in [0.5, 0.6) is 5.88 Å². The normalized spacial score (nSPS) is 15.1. The van der Waals surface area contributed by atoms with Crippen LogP contribution in [0, 0.1) is 0 Å². The second kappa shape index (κ2) is 6.55. The molecule has 1 aromatic carbocycles. The Morgan fingerprint density at radius 1 is 1.21 bits per heavy atom. The molecule has 24 heavy (non-hydrogen) atoms. The van der Waals surface area contributed by atoms with Crippen molar-refractivity contribution in [2.24, 2.45) is 0 Å². The van der Waals surface area contributed by atoms with Gasteiger partial charge in [0.15, 0.2) is 0 Å². The lowest BCUT2D eigenvalue weighted by Crippen LogP contribution is -2.56. The van der Waals surface area contributed by atoms with Crippen LogP contribution in [-0.2, 0) is 5.41 Å². The van der Waals surface area contributed by atoms with Gasteiger partial charge in [0.2, 0.25) is 5.88 Å². The van der Waals surface area contributed by atoms with Gasteiger partial charge in [-0.1, -0.05) is 32.9 Å². The van der Waals surface area contributed by atoms with Crippen LogP contribution in [0.3, 0.4) is 0 Å². The third kappa shape index (κ3) is 3.61. The summed E-state index contributed by atoms with van der Waals surface area (Å²) in [5, 5.41) is 0. The minimum atomic E-state index is -0.00556. The molecular weight excluding hydrogens is 368 g/mol. The van der Waals surface area contributed by atoms with Gasteiger partial charge in [-0.2, -0.15) is 0 Å². The number of pyridine rings is 1. The fourth-order valence-corrected chi connectivity index (χ4v) is 2.94. The number of hydrogen-bond donors (Lipinski definition) is 0. The molecule has 126 valence electrons. The molecule has 0 spiro atoms. The molecule has 1 fully saturated rings. The van der Waals surface area contributed by atoms with Gasteiger partial charge in [0.1, 0.15) is 6.10 Å². The summed E-state index contributed by atoms with van der Waals surface area (Å²) in [6.07, 6.45) is 1.69. The van der Waals surface area contributed by atoms with E-state index in [4.69, 9.17) is 4.74 Å². The van der Waals surface area contributed by atoms with E-state index in [-0.39, 0.29) is 17.4 Å². The van der Waals surface area contributed by atoms with Gasteiger partial charge >= 0.3 is 0 Å². The van der Waals surface area contributed by atoms with Crippen molar-refractivity contribution in [1.29, 1.82) is 0 Å². The highest BCUT2D eigenvalue weighted by atomic mass is 79.9. The number of halogens is 1. The number of aromatic nitrogens is 1. The Hall–Kier alpha value is -1.88. The molecule has 0 radical (unpaired) electrons. The molecule has 5 heteroatoms. The zero-order chi connectivity index (χ0) is 17.3. The van der Waals surface area contributed by atoms with Crippen molar-refractivity contribution in [3.05, 3.63) is 58.2 Å². The molecule has 3 rings (SSSR count). The summed E-state index contributed by atoms with van der Waals surface area (Å²) in [6, 6.07) is 11.6. The highest BCUT2D eigenvalue weighted by Crippen LogP contribution is 2.26. The zero-order valence-electron chi connectivity index (χ0n) is 14.1. The van der Waals surface area contributed by atoms with E-state index in [1.54, 1.807) is 11.1 Å². The molecule has 1 amide bonds. The molecule has 1 aromatic heterocycles. The van der Waals surface area contributed by atoms with E-state index in [0.717, 1.165) is 10.0 Å². The Kier molecular flexibility index (Phi) is 4.63. The number of amides is 1. The maximum Gasteiger partial charge on any atom is 0.254 e. The maximum absolute atomic E-state index is 12.5. The Balaban J connectivity index is 1.58. The van der Waals surface area contributed by atoms with E-state index in [2.05, 4.69) is 41.7 Å². The first kappa shape index (κ1) is 17.0. The lowest BCUT2D eigenvalue weighted by atomic mass is 9.86. The minimum absolute atomic E-state index is 0.00556.